The molecule has 3 heteroatoms. The van der Waals surface area contributed by atoms with Crippen LogP contribution in [0.5, 0.6) is 0 Å². The molecule has 0 fully saturated rings. The Labute approximate surface area is 81.4 Å². The van der Waals surface area contributed by atoms with Crippen LogP contribution in [-0.4, -0.2) is 41.0 Å². The zero-order valence-corrected chi connectivity index (χ0v) is 8.87. The van der Waals surface area contributed by atoms with Gasteiger partial charge in [0.25, 0.3) is 0 Å². The van der Waals surface area contributed by atoms with E-state index in [4.69, 9.17) is 5.11 Å². The lowest BCUT2D eigenvalue weighted by molar-refractivity contribution is 0.00261. The minimum Gasteiger partial charge on any atom is -0.396 e. The van der Waals surface area contributed by atoms with Crippen LogP contribution in [0, 0.1) is 0 Å². The number of hydrogen-bond acceptors (Lipinski definition) is 3. The van der Waals surface area contributed by atoms with Crippen LogP contribution < -0.4 is 0 Å². The SMILES string of the molecule is CCN(CC)C(O)CCCCCO. The predicted molar refractivity (Wildman–Crippen MR) is 54.5 cm³/mol. The van der Waals surface area contributed by atoms with Gasteiger partial charge in [0, 0.05) is 6.61 Å². The molecule has 0 aromatic heterocycles. The number of unbranched alkanes of at least 4 members (excludes halogenated alkanes) is 2. The van der Waals surface area contributed by atoms with Gasteiger partial charge in [-0.25, -0.2) is 0 Å². The van der Waals surface area contributed by atoms with Crippen molar-refractivity contribution in [3.05, 3.63) is 0 Å². The van der Waals surface area contributed by atoms with Crippen LogP contribution in [-0.2, 0) is 0 Å². The highest BCUT2D eigenvalue weighted by Gasteiger charge is 2.10. The van der Waals surface area contributed by atoms with Gasteiger partial charge in [-0.3, -0.25) is 4.90 Å². The van der Waals surface area contributed by atoms with E-state index in [1.54, 1.807) is 0 Å². The van der Waals surface area contributed by atoms with Crippen LogP contribution in [0.3, 0.4) is 0 Å². The molecule has 2 N–H and O–H groups in total. The molecule has 13 heavy (non-hydrogen) atoms. The van der Waals surface area contributed by atoms with E-state index < -0.39 is 0 Å². The molecular weight excluding hydrogens is 166 g/mol. The van der Waals surface area contributed by atoms with E-state index in [0.717, 1.165) is 38.8 Å². The third-order valence-electron chi connectivity index (χ3n) is 2.35. The Hall–Kier alpha value is -0.120. The summed E-state index contributed by atoms with van der Waals surface area (Å²) in [6, 6.07) is 0. The maximum absolute atomic E-state index is 9.67. The first-order valence-electron chi connectivity index (χ1n) is 5.29. The summed E-state index contributed by atoms with van der Waals surface area (Å²) in [5.74, 6) is 0. The van der Waals surface area contributed by atoms with Crippen LogP contribution in [0.25, 0.3) is 0 Å². The molecule has 0 heterocycles. The van der Waals surface area contributed by atoms with Gasteiger partial charge in [0.2, 0.25) is 0 Å². The average molecular weight is 189 g/mol. The van der Waals surface area contributed by atoms with Gasteiger partial charge in [-0.05, 0) is 32.4 Å². The van der Waals surface area contributed by atoms with Crippen molar-refractivity contribution in [1.82, 2.24) is 4.90 Å². The van der Waals surface area contributed by atoms with Gasteiger partial charge in [0.05, 0.1) is 0 Å². The molecule has 0 aliphatic rings. The summed E-state index contributed by atoms with van der Waals surface area (Å²) in [6.07, 6.45) is 3.38. The molecule has 0 rings (SSSR count). The van der Waals surface area contributed by atoms with E-state index in [9.17, 15) is 5.11 Å². The summed E-state index contributed by atoms with van der Waals surface area (Å²) in [5.41, 5.74) is 0. The van der Waals surface area contributed by atoms with Crippen LogP contribution in [0.2, 0.25) is 0 Å². The third-order valence-corrected chi connectivity index (χ3v) is 2.35. The number of hydrogen-bond donors (Lipinski definition) is 2. The second kappa shape index (κ2) is 8.48. The van der Waals surface area contributed by atoms with E-state index in [1.165, 1.54) is 0 Å². The van der Waals surface area contributed by atoms with Crippen LogP contribution in [0.15, 0.2) is 0 Å². The smallest absolute Gasteiger partial charge is 0.107 e. The van der Waals surface area contributed by atoms with Gasteiger partial charge in [0.1, 0.15) is 6.23 Å². The van der Waals surface area contributed by atoms with Crippen molar-refractivity contribution in [3.8, 4) is 0 Å². The Morgan fingerprint density at radius 1 is 1.08 bits per heavy atom. The lowest BCUT2D eigenvalue weighted by atomic mass is 10.1. The second-order valence-corrected chi connectivity index (χ2v) is 3.27. The normalized spacial score (nSPS) is 13.6. The predicted octanol–water partition coefficient (Wildman–Crippen LogP) is 1.20. The standard InChI is InChI=1S/C10H23NO2/c1-3-11(4-2)10(13)8-6-5-7-9-12/h10,12-13H,3-9H2,1-2H3. The molecule has 0 saturated heterocycles. The maximum atomic E-state index is 9.67. The summed E-state index contributed by atoms with van der Waals surface area (Å²) in [5, 5.41) is 18.2. The first kappa shape index (κ1) is 12.9. The van der Waals surface area contributed by atoms with E-state index in [-0.39, 0.29) is 12.8 Å². The molecule has 0 aromatic carbocycles. The number of rotatable bonds is 8. The number of nitrogens with zero attached hydrogens (tertiary/aromatic N) is 1. The van der Waals surface area contributed by atoms with E-state index in [2.05, 4.69) is 13.8 Å². The Balaban J connectivity index is 3.42. The first-order chi connectivity index (χ1) is 6.26. The fourth-order valence-electron chi connectivity index (χ4n) is 1.44. The number of aliphatic hydroxyl groups excluding tert-OH is 2. The van der Waals surface area contributed by atoms with Gasteiger partial charge in [0.15, 0.2) is 0 Å². The summed E-state index contributed by atoms with van der Waals surface area (Å²) >= 11 is 0. The minimum atomic E-state index is -0.298. The van der Waals surface area contributed by atoms with E-state index in [0.29, 0.717) is 0 Å². The molecule has 3 nitrogen and oxygen atoms in total. The summed E-state index contributed by atoms with van der Waals surface area (Å²) in [7, 11) is 0. The van der Waals surface area contributed by atoms with Crippen LogP contribution in [0.1, 0.15) is 39.5 Å². The Kier molecular flexibility index (Phi) is 8.40. The van der Waals surface area contributed by atoms with Crippen LogP contribution in [0.4, 0.5) is 0 Å². The summed E-state index contributed by atoms with van der Waals surface area (Å²) < 4.78 is 0. The van der Waals surface area contributed by atoms with Gasteiger partial charge >= 0.3 is 0 Å². The first-order valence-corrected chi connectivity index (χ1v) is 5.29. The van der Waals surface area contributed by atoms with Crippen molar-refractivity contribution in [2.45, 2.75) is 45.8 Å². The second-order valence-electron chi connectivity index (χ2n) is 3.27. The Bertz CT molecular complexity index is 105. The van der Waals surface area contributed by atoms with Crippen molar-refractivity contribution >= 4 is 0 Å². The highest BCUT2D eigenvalue weighted by atomic mass is 16.3. The fourth-order valence-corrected chi connectivity index (χ4v) is 1.44. The molecule has 0 bridgehead atoms. The van der Waals surface area contributed by atoms with Crippen molar-refractivity contribution < 1.29 is 10.2 Å². The minimum absolute atomic E-state index is 0.265. The van der Waals surface area contributed by atoms with E-state index in [1.807, 2.05) is 4.90 Å². The zero-order valence-electron chi connectivity index (χ0n) is 8.87. The van der Waals surface area contributed by atoms with Gasteiger partial charge in [-0.1, -0.05) is 20.3 Å². The van der Waals surface area contributed by atoms with Crippen LogP contribution >= 0.6 is 0 Å². The van der Waals surface area contributed by atoms with Crippen molar-refractivity contribution in [2.24, 2.45) is 0 Å². The van der Waals surface area contributed by atoms with Gasteiger partial charge in [-0.2, -0.15) is 0 Å². The molecule has 1 unspecified atom stereocenters. The monoisotopic (exact) mass is 189 g/mol. The molecule has 0 aromatic rings. The molecule has 1 atom stereocenters. The molecule has 0 spiro atoms. The lowest BCUT2D eigenvalue weighted by Crippen LogP contribution is -2.34. The van der Waals surface area contributed by atoms with Gasteiger partial charge < -0.3 is 10.2 Å². The van der Waals surface area contributed by atoms with Gasteiger partial charge in [-0.15, -0.1) is 0 Å². The largest absolute Gasteiger partial charge is 0.396 e. The zero-order chi connectivity index (χ0) is 10.1. The van der Waals surface area contributed by atoms with Crippen molar-refractivity contribution in [2.75, 3.05) is 19.7 Å². The number of aliphatic hydroxyl groups is 2. The van der Waals surface area contributed by atoms with Crippen molar-refractivity contribution in [1.29, 1.82) is 0 Å². The summed E-state index contributed by atoms with van der Waals surface area (Å²) in [4.78, 5) is 2.04. The van der Waals surface area contributed by atoms with E-state index >= 15 is 0 Å². The Morgan fingerprint density at radius 2 is 1.69 bits per heavy atom. The van der Waals surface area contributed by atoms with Crippen molar-refractivity contribution in [3.63, 3.8) is 0 Å². The molecule has 0 aliphatic heterocycles. The quantitative estimate of drug-likeness (QED) is 0.445. The summed E-state index contributed by atoms with van der Waals surface area (Å²) in [6.45, 7) is 6.18. The molecular formula is C10H23NO2. The molecule has 80 valence electrons. The highest BCUT2D eigenvalue weighted by Crippen LogP contribution is 2.07. The Morgan fingerprint density at radius 3 is 2.15 bits per heavy atom. The lowest BCUT2D eigenvalue weighted by Gasteiger charge is -2.24. The fraction of sp³-hybridized carbons (Fsp3) is 1.00. The highest BCUT2D eigenvalue weighted by molar-refractivity contribution is 4.58. The maximum Gasteiger partial charge on any atom is 0.107 e. The molecule has 0 saturated carbocycles. The third kappa shape index (κ3) is 6.02. The molecule has 0 aliphatic carbocycles. The topological polar surface area (TPSA) is 43.7 Å². The molecule has 0 radical (unpaired) electrons. The average Bonchev–Trinajstić information content (AvgIpc) is 2.14. The molecule has 0 amide bonds.